The van der Waals surface area contributed by atoms with Crippen molar-refractivity contribution in [3.05, 3.63) is 144 Å². The van der Waals surface area contributed by atoms with Crippen LogP contribution in [0.3, 0.4) is 0 Å². The summed E-state index contributed by atoms with van der Waals surface area (Å²) < 4.78 is 0. The molecule has 0 bridgehead atoms. The summed E-state index contributed by atoms with van der Waals surface area (Å²) in [5.74, 6) is 0. The van der Waals surface area contributed by atoms with Gasteiger partial charge in [0.15, 0.2) is 0 Å². The minimum Gasteiger partial charge on any atom is -0.356 e. The molecule has 2 aliphatic heterocycles. The van der Waals surface area contributed by atoms with Gasteiger partial charge in [-0.2, -0.15) is 0 Å². The third-order valence-corrected chi connectivity index (χ3v) is 11.8. The molecule has 0 amide bonds. The molecule has 7 aromatic carbocycles. The molecule has 2 nitrogen and oxygen atoms in total. The molecule has 0 saturated heterocycles. The van der Waals surface area contributed by atoms with Gasteiger partial charge in [0, 0.05) is 34.0 Å². The average Bonchev–Trinajstić information content (AvgIpc) is 3.24. The SMILES string of the molecule is Cc1cc2c3c(c1)N(c1ccc(C(C)(C)C)cc1)c1ccc(C(C)(C)C)cc1B3c1ccc3c(c1N2)-c1ccccc1-c1cccc2cccc-3c12. The smallest absolute Gasteiger partial charge is 0.252 e. The van der Waals surface area contributed by atoms with E-state index in [0.717, 1.165) is 0 Å². The van der Waals surface area contributed by atoms with Crippen LogP contribution in [-0.4, -0.2) is 6.71 Å². The van der Waals surface area contributed by atoms with Gasteiger partial charge < -0.3 is 10.2 Å². The highest BCUT2D eigenvalue weighted by atomic mass is 15.2. The molecule has 0 unspecified atom stereocenters. The van der Waals surface area contributed by atoms with Gasteiger partial charge >= 0.3 is 0 Å². The summed E-state index contributed by atoms with van der Waals surface area (Å²) in [5.41, 5.74) is 21.9. The molecule has 0 spiro atoms. The van der Waals surface area contributed by atoms with Crippen molar-refractivity contribution in [1.82, 2.24) is 0 Å². The molecule has 0 radical (unpaired) electrons. The van der Waals surface area contributed by atoms with Crippen LogP contribution in [0.1, 0.15) is 58.2 Å². The summed E-state index contributed by atoms with van der Waals surface area (Å²) in [6.07, 6.45) is 0. The topological polar surface area (TPSA) is 15.3 Å². The second kappa shape index (κ2) is 10.7. The Labute approximate surface area is 308 Å². The zero-order valence-corrected chi connectivity index (χ0v) is 31.1. The van der Waals surface area contributed by atoms with Crippen LogP contribution in [0.2, 0.25) is 0 Å². The minimum atomic E-state index is 0.0114. The van der Waals surface area contributed by atoms with Gasteiger partial charge in [-0.3, -0.25) is 0 Å². The minimum absolute atomic E-state index is 0.0114. The molecular weight excluding hydrogens is 627 g/mol. The van der Waals surface area contributed by atoms with E-state index in [9.17, 15) is 0 Å². The maximum Gasteiger partial charge on any atom is 0.252 e. The van der Waals surface area contributed by atoms with Crippen LogP contribution < -0.4 is 26.6 Å². The molecule has 1 N–H and O–H groups in total. The van der Waals surface area contributed by atoms with Crippen molar-refractivity contribution < 1.29 is 0 Å². The molecule has 52 heavy (non-hydrogen) atoms. The zero-order chi connectivity index (χ0) is 35.7. The Morgan fingerprint density at radius 3 is 1.90 bits per heavy atom. The Morgan fingerprint density at radius 1 is 0.538 bits per heavy atom. The number of anilines is 5. The van der Waals surface area contributed by atoms with Crippen molar-refractivity contribution >= 4 is 62.3 Å². The molecule has 0 aromatic heterocycles. The number of aryl methyl sites for hydroxylation is 1. The predicted molar refractivity (Wildman–Crippen MR) is 225 cm³/mol. The molecule has 7 aromatic rings. The first-order valence-corrected chi connectivity index (χ1v) is 18.7. The lowest BCUT2D eigenvalue weighted by molar-refractivity contribution is 0.590. The fraction of sp³-hybridized carbons (Fsp3) is 0.184. The fourth-order valence-corrected chi connectivity index (χ4v) is 9.18. The Balaban J connectivity index is 1.28. The highest BCUT2D eigenvalue weighted by Gasteiger charge is 2.43. The summed E-state index contributed by atoms with van der Waals surface area (Å²) >= 11 is 0. The number of nitrogens with one attached hydrogen (secondary N) is 1. The van der Waals surface area contributed by atoms with E-state index in [1.54, 1.807) is 0 Å². The predicted octanol–water partition coefficient (Wildman–Crippen LogP) is 11.4. The Kier molecular flexibility index (Phi) is 6.45. The van der Waals surface area contributed by atoms with E-state index in [2.05, 4.69) is 186 Å². The van der Waals surface area contributed by atoms with Crippen molar-refractivity contribution in [1.29, 1.82) is 0 Å². The molecule has 252 valence electrons. The molecule has 3 heteroatoms. The molecule has 0 atom stereocenters. The van der Waals surface area contributed by atoms with E-state index in [1.165, 1.54) is 106 Å². The number of benzene rings is 7. The number of nitrogens with zero attached hydrogens (tertiary/aromatic N) is 1. The van der Waals surface area contributed by atoms with E-state index in [1.807, 2.05) is 0 Å². The van der Waals surface area contributed by atoms with Crippen molar-refractivity contribution in [2.24, 2.45) is 0 Å². The summed E-state index contributed by atoms with van der Waals surface area (Å²) in [7, 11) is 0. The first-order chi connectivity index (χ1) is 25.0. The van der Waals surface area contributed by atoms with Crippen molar-refractivity contribution in [2.45, 2.75) is 59.3 Å². The summed E-state index contributed by atoms with van der Waals surface area (Å²) in [6.45, 7) is 16.2. The Morgan fingerprint density at radius 2 is 1.19 bits per heavy atom. The van der Waals surface area contributed by atoms with E-state index < -0.39 is 0 Å². The molecule has 2 heterocycles. The van der Waals surface area contributed by atoms with Gasteiger partial charge in [-0.25, -0.2) is 0 Å². The summed E-state index contributed by atoms with van der Waals surface area (Å²) in [5, 5.41) is 6.73. The van der Waals surface area contributed by atoms with Gasteiger partial charge in [0.2, 0.25) is 0 Å². The van der Waals surface area contributed by atoms with Gasteiger partial charge in [0.1, 0.15) is 0 Å². The largest absolute Gasteiger partial charge is 0.356 e. The van der Waals surface area contributed by atoms with Crippen LogP contribution in [0.4, 0.5) is 28.4 Å². The molecule has 10 rings (SSSR count). The van der Waals surface area contributed by atoms with Crippen LogP contribution >= 0.6 is 0 Å². The monoisotopic (exact) mass is 670 g/mol. The summed E-state index contributed by atoms with van der Waals surface area (Å²) in [4.78, 5) is 2.51. The fourth-order valence-electron chi connectivity index (χ4n) is 9.18. The zero-order valence-electron chi connectivity index (χ0n) is 31.1. The van der Waals surface area contributed by atoms with Crippen LogP contribution in [0.25, 0.3) is 44.2 Å². The first-order valence-electron chi connectivity index (χ1n) is 18.7. The van der Waals surface area contributed by atoms with E-state index in [4.69, 9.17) is 0 Å². The third kappa shape index (κ3) is 4.45. The van der Waals surface area contributed by atoms with Crippen LogP contribution in [0, 0.1) is 6.92 Å². The van der Waals surface area contributed by atoms with Crippen molar-refractivity contribution in [2.75, 3.05) is 10.2 Å². The number of hydrogen-bond donors (Lipinski definition) is 1. The maximum absolute atomic E-state index is 4.13. The van der Waals surface area contributed by atoms with Crippen LogP contribution in [-0.2, 0) is 10.8 Å². The number of fused-ring (bicyclic) bond motifs is 10. The molecular formula is C49H43BN2. The second-order valence-electron chi connectivity index (χ2n) is 17.2. The lowest BCUT2D eigenvalue weighted by Gasteiger charge is -2.42. The quantitative estimate of drug-likeness (QED) is 0.175. The van der Waals surface area contributed by atoms with Crippen LogP contribution in [0.5, 0.6) is 0 Å². The van der Waals surface area contributed by atoms with Crippen LogP contribution in [0.15, 0.2) is 127 Å². The van der Waals surface area contributed by atoms with Gasteiger partial charge in [-0.05, 0) is 120 Å². The summed E-state index contributed by atoms with van der Waals surface area (Å²) in [6, 6.07) is 48.7. The highest BCUT2D eigenvalue weighted by Crippen LogP contribution is 2.51. The lowest BCUT2D eigenvalue weighted by Crippen LogP contribution is -2.60. The van der Waals surface area contributed by atoms with E-state index in [-0.39, 0.29) is 17.5 Å². The van der Waals surface area contributed by atoms with Crippen molar-refractivity contribution in [3.8, 4) is 33.4 Å². The highest BCUT2D eigenvalue weighted by molar-refractivity contribution is 7.00. The van der Waals surface area contributed by atoms with Crippen molar-refractivity contribution in [3.63, 3.8) is 0 Å². The number of rotatable bonds is 1. The van der Waals surface area contributed by atoms with Gasteiger partial charge in [-0.15, -0.1) is 0 Å². The standard InChI is InChI=1S/C49H43BN2/c1-29-26-41-46-43(27-29)52(33-21-18-31(19-22-33)48(2,3)4)42-25-20-32(49(5,6)7)28-40(42)50(46)39-24-23-38-37-17-11-13-30-12-10-16-35(44(30)37)34-14-8-9-15-36(34)45(38)47(39)51-41/h8-28,51H,1-7H3. The Hall–Kier alpha value is -5.54. The maximum atomic E-state index is 4.13. The first kappa shape index (κ1) is 31.2. The lowest BCUT2D eigenvalue weighted by atomic mass is 9.33. The number of hydrogen-bond acceptors (Lipinski definition) is 2. The molecule has 1 aliphatic carbocycles. The van der Waals surface area contributed by atoms with E-state index in [0.29, 0.717) is 0 Å². The second-order valence-corrected chi connectivity index (χ2v) is 17.2. The third-order valence-electron chi connectivity index (χ3n) is 11.8. The van der Waals surface area contributed by atoms with Gasteiger partial charge in [0.25, 0.3) is 6.71 Å². The molecule has 0 fully saturated rings. The van der Waals surface area contributed by atoms with E-state index >= 15 is 0 Å². The van der Waals surface area contributed by atoms with Gasteiger partial charge in [0.05, 0.1) is 0 Å². The average molecular weight is 671 g/mol. The molecule has 3 aliphatic rings. The van der Waals surface area contributed by atoms with Gasteiger partial charge in [-0.1, -0.05) is 139 Å². The molecule has 0 saturated carbocycles. The Bertz CT molecular complexity index is 2630. The normalized spacial score (nSPS) is 13.8.